The van der Waals surface area contributed by atoms with Crippen LogP contribution in [0, 0.1) is 19.7 Å². The van der Waals surface area contributed by atoms with Crippen molar-refractivity contribution in [1.82, 2.24) is 10.3 Å². The Bertz CT molecular complexity index is 951. The van der Waals surface area contributed by atoms with Crippen LogP contribution in [0.4, 0.5) is 4.39 Å². The molecule has 0 aliphatic carbocycles. The van der Waals surface area contributed by atoms with Gasteiger partial charge < -0.3 is 10.1 Å². The average molecular weight is 364 g/mol. The number of pyridine rings is 1. The van der Waals surface area contributed by atoms with E-state index in [0.29, 0.717) is 12.1 Å². The monoisotopic (exact) mass is 364 g/mol. The minimum Gasteiger partial charge on any atom is -0.497 e. The first-order chi connectivity index (χ1) is 13.0. The molecule has 0 unspecified atom stereocenters. The SMILES string of the molecule is COc1ccc(-c2nc(C)cc(C)c2CNC(=O)c2ccc(F)cc2)cc1. The second-order valence-corrected chi connectivity index (χ2v) is 6.33. The number of nitrogens with zero attached hydrogens (tertiary/aromatic N) is 1. The summed E-state index contributed by atoms with van der Waals surface area (Å²) in [6, 6.07) is 15.1. The third-order valence-corrected chi connectivity index (χ3v) is 4.37. The van der Waals surface area contributed by atoms with Crippen LogP contribution < -0.4 is 10.1 Å². The number of carbonyl (C=O) groups is 1. The predicted octanol–water partition coefficient (Wildman–Crippen LogP) is 4.44. The molecule has 1 aromatic heterocycles. The molecule has 0 atom stereocenters. The molecule has 1 heterocycles. The number of halogens is 1. The summed E-state index contributed by atoms with van der Waals surface area (Å²) in [4.78, 5) is 17.0. The zero-order chi connectivity index (χ0) is 19.4. The van der Waals surface area contributed by atoms with E-state index < -0.39 is 0 Å². The normalized spacial score (nSPS) is 10.5. The number of nitrogens with one attached hydrogen (secondary N) is 1. The van der Waals surface area contributed by atoms with Crippen LogP contribution in [0.5, 0.6) is 5.75 Å². The summed E-state index contributed by atoms with van der Waals surface area (Å²) in [5, 5.41) is 2.90. The van der Waals surface area contributed by atoms with E-state index in [-0.39, 0.29) is 11.7 Å². The molecule has 0 radical (unpaired) electrons. The summed E-state index contributed by atoms with van der Waals surface area (Å²) in [6.45, 7) is 4.28. The maximum absolute atomic E-state index is 13.0. The van der Waals surface area contributed by atoms with Crippen LogP contribution in [0.1, 0.15) is 27.2 Å². The number of methoxy groups -OCH3 is 1. The molecule has 27 heavy (non-hydrogen) atoms. The van der Waals surface area contributed by atoms with Gasteiger partial charge in [0.25, 0.3) is 5.91 Å². The first kappa shape index (κ1) is 18.6. The number of ether oxygens (including phenoxy) is 1. The molecule has 0 saturated heterocycles. The van der Waals surface area contributed by atoms with Crippen molar-refractivity contribution >= 4 is 5.91 Å². The van der Waals surface area contributed by atoms with Gasteiger partial charge >= 0.3 is 0 Å². The fourth-order valence-corrected chi connectivity index (χ4v) is 2.95. The van der Waals surface area contributed by atoms with E-state index in [1.807, 2.05) is 44.2 Å². The Kier molecular flexibility index (Phi) is 5.50. The van der Waals surface area contributed by atoms with E-state index in [2.05, 4.69) is 10.3 Å². The van der Waals surface area contributed by atoms with Gasteiger partial charge in [-0.3, -0.25) is 9.78 Å². The summed E-state index contributed by atoms with van der Waals surface area (Å²) in [5.41, 5.74) is 5.10. The number of carbonyl (C=O) groups excluding carboxylic acids is 1. The Labute approximate surface area is 158 Å². The molecule has 4 nitrogen and oxygen atoms in total. The van der Waals surface area contributed by atoms with Crippen LogP contribution >= 0.6 is 0 Å². The van der Waals surface area contributed by atoms with E-state index in [0.717, 1.165) is 33.8 Å². The highest BCUT2D eigenvalue weighted by molar-refractivity contribution is 5.94. The second kappa shape index (κ2) is 7.99. The first-order valence-electron chi connectivity index (χ1n) is 8.63. The molecule has 3 rings (SSSR count). The quantitative estimate of drug-likeness (QED) is 0.728. The van der Waals surface area contributed by atoms with Crippen molar-refractivity contribution in [3.05, 3.63) is 82.8 Å². The van der Waals surface area contributed by atoms with E-state index in [1.54, 1.807) is 7.11 Å². The predicted molar refractivity (Wildman–Crippen MR) is 103 cm³/mol. The van der Waals surface area contributed by atoms with Crippen molar-refractivity contribution in [3.63, 3.8) is 0 Å². The molecule has 3 aromatic rings. The van der Waals surface area contributed by atoms with E-state index >= 15 is 0 Å². The van der Waals surface area contributed by atoms with Crippen molar-refractivity contribution in [2.24, 2.45) is 0 Å². The third kappa shape index (κ3) is 4.31. The largest absolute Gasteiger partial charge is 0.497 e. The van der Waals surface area contributed by atoms with Crippen LogP contribution in [-0.2, 0) is 6.54 Å². The first-order valence-corrected chi connectivity index (χ1v) is 8.63. The van der Waals surface area contributed by atoms with Gasteiger partial charge in [-0.1, -0.05) is 0 Å². The second-order valence-electron chi connectivity index (χ2n) is 6.33. The lowest BCUT2D eigenvalue weighted by molar-refractivity contribution is 0.0951. The molecule has 0 fully saturated rings. The highest BCUT2D eigenvalue weighted by atomic mass is 19.1. The Balaban J connectivity index is 1.87. The van der Waals surface area contributed by atoms with Crippen molar-refractivity contribution in [3.8, 4) is 17.0 Å². The molecule has 138 valence electrons. The lowest BCUT2D eigenvalue weighted by Gasteiger charge is -2.15. The van der Waals surface area contributed by atoms with Crippen LogP contribution in [0.2, 0.25) is 0 Å². The third-order valence-electron chi connectivity index (χ3n) is 4.37. The van der Waals surface area contributed by atoms with Gasteiger partial charge in [0, 0.05) is 28.9 Å². The van der Waals surface area contributed by atoms with E-state index in [4.69, 9.17) is 4.74 Å². The molecule has 0 aliphatic heterocycles. The molecule has 5 heteroatoms. The molecular formula is C22H21FN2O2. The minimum atomic E-state index is -0.369. The Morgan fingerprint density at radius 1 is 1.07 bits per heavy atom. The fourth-order valence-electron chi connectivity index (χ4n) is 2.95. The van der Waals surface area contributed by atoms with E-state index in [9.17, 15) is 9.18 Å². The van der Waals surface area contributed by atoms with Gasteiger partial charge in [-0.2, -0.15) is 0 Å². The molecule has 0 saturated carbocycles. The topological polar surface area (TPSA) is 51.2 Å². The highest BCUT2D eigenvalue weighted by Gasteiger charge is 2.13. The Morgan fingerprint density at radius 2 is 1.74 bits per heavy atom. The van der Waals surface area contributed by atoms with Crippen molar-refractivity contribution in [2.75, 3.05) is 7.11 Å². The van der Waals surface area contributed by atoms with Gasteiger partial charge in [-0.25, -0.2) is 4.39 Å². The Hall–Kier alpha value is -3.21. The summed E-state index contributed by atoms with van der Waals surface area (Å²) >= 11 is 0. The molecule has 0 spiro atoms. The molecule has 0 bridgehead atoms. The Morgan fingerprint density at radius 3 is 2.37 bits per heavy atom. The van der Waals surface area contributed by atoms with Crippen LogP contribution in [0.3, 0.4) is 0 Å². The summed E-state index contributed by atoms with van der Waals surface area (Å²) in [5.74, 6) is 0.150. The summed E-state index contributed by atoms with van der Waals surface area (Å²) in [7, 11) is 1.63. The maximum Gasteiger partial charge on any atom is 0.251 e. The zero-order valence-corrected chi connectivity index (χ0v) is 15.5. The maximum atomic E-state index is 13.0. The van der Waals surface area contributed by atoms with Crippen molar-refractivity contribution in [2.45, 2.75) is 20.4 Å². The van der Waals surface area contributed by atoms with Gasteiger partial charge in [0.05, 0.1) is 12.8 Å². The number of aryl methyl sites for hydroxylation is 2. The van der Waals surface area contributed by atoms with Crippen LogP contribution in [-0.4, -0.2) is 18.0 Å². The molecule has 0 aliphatic rings. The van der Waals surface area contributed by atoms with Gasteiger partial charge in [-0.05, 0) is 74.0 Å². The number of hydrogen-bond donors (Lipinski definition) is 1. The van der Waals surface area contributed by atoms with Gasteiger partial charge in [0.15, 0.2) is 0 Å². The number of hydrogen-bond acceptors (Lipinski definition) is 3. The van der Waals surface area contributed by atoms with Crippen molar-refractivity contribution < 1.29 is 13.9 Å². The smallest absolute Gasteiger partial charge is 0.251 e. The van der Waals surface area contributed by atoms with Gasteiger partial charge in [0.1, 0.15) is 11.6 Å². The van der Waals surface area contributed by atoms with Crippen LogP contribution in [0.25, 0.3) is 11.3 Å². The van der Waals surface area contributed by atoms with Gasteiger partial charge in [0.2, 0.25) is 0 Å². The van der Waals surface area contributed by atoms with Crippen molar-refractivity contribution in [1.29, 1.82) is 0 Å². The number of benzene rings is 2. The lowest BCUT2D eigenvalue weighted by atomic mass is 10.0. The lowest BCUT2D eigenvalue weighted by Crippen LogP contribution is -2.24. The molecule has 1 N–H and O–H groups in total. The zero-order valence-electron chi connectivity index (χ0n) is 15.5. The minimum absolute atomic E-state index is 0.254. The number of aromatic nitrogens is 1. The van der Waals surface area contributed by atoms with Gasteiger partial charge in [-0.15, -0.1) is 0 Å². The van der Waals surface area contributed by atoms with Crippen LogP contribution in [0.15, 0.2) is 54.6 Å². The van der Waals surface area contributed by atoms with E-state index in [1.165, 1.54) is 24.3 Å². The average Bonchev–Trinajstić information content (AvgIpc) is 2.67. The standard InChI is InChI=1S/C22H21FN2O2/c1-14-12-15(2)25-21(16-6-10-19(27-3)11-7-16)20(14)13-24-22(26)17-4-8-18(23)9-5-17/h4-12H,13H2,1-3H3,(H,24,26). The molecular weight excluding hydrogens is 343 g/mol. The number of rotatable bonds is 5. The number of amides is 1. The fraction of sp³-hybridized carbons (Fsp3) is 0.182. The summed E-state index contributed by atoms with van der Waals surface area (Å²) < 4.78 is 18.3. The molecule has 2 aromatic carbocycles. The highest BCUT2D eigenvalue weighted by Crippen LogP contribution is 2.27. The summed E-state index contributed by atoms with van der Waals surface area (Å²) in [6.07, 6.45) is 0. The molecule has 1 amide bonds.